The van der Waals surface area contributed by atoms with E-state index in [4.69, 9.17) is 0 Å². The highest BCUT2D eigenvalue weighted by molar-refractivity contribution is 5.94. The number of alkyl halides is 2. The molecule has 1 aromatic carbocycles. The van der Waals surface area contributed by atoms with Crippen molar-refractivity contribution >= 4 is 5.91 Å². The van der Waals surface area contributed by atoms with Crippen LogP contribution in [0.4, 0.5) is 8.78 Å². The number of rotatable bonds is 3. The van der Waals surface area contributed by atoms with Crippen LogP contribution in [0, 0.1) is 5.92 Å². The van der Waals surface area contributed by atoms with Gasteiger partial charge in [0.1, 0.15) is 0 Å². The molecule has 0 saturated carbocycles. The Kier molecular flexibility index (Phi) is 4.73. The van der Waals surface area contributed by atoms with Gasteiger partial charge in [0.05, 0.1) is 0 Å². The smallest absolute Gasteiger partial charge is 0.253 e. The van der Waals surface area contributed by atoms with E-state index >= 15 is 0 Å². The topological polar surface area (TPSA) is 20.3 Å². The fraction of sp³-hybridized carbons (Fsp3) is 0.562. The second kappa shape index (κ2) is 6.33. The monoisotopic (exact) mass is 281 g/mol. The molecule has 1 amide bonds. The number of nitrogens with zero attached hydrogens (tertiary/aromatic N) is 1. The minimum Gasteiger partial charge on any atom is -0.339 e. The molecule has 4 heteroatoms. The molecule has 2 nitrogen and oxygen atoms in total. The molecule has 0 aliphatic carbocycles. The summed E-state index contributed by atoms with van der Waals surface area (Å²) in [6.45, 7) is 5.07. The molecule has 0 unspecified atom stereocenters. The van der Waals surface area contributed by atoms with E-state index in [9.17, 15) is 13.6 Å². The number of hydrogen-bond acceptors (Lipinski definition) is 1. The third-order valence-electron chi connectivity index (χ3n) is 4.01. The summed E-state index contributed by atoms with van der Waals surface area (Å²) in [5, 5.41) is 0. The van der Waals surface area contributed by atoms with Crippen LogP contribution in [-0.4, -0.2) is 30.3 Å². The number of carbonyl (C=O) groups is 1. The molecule has 1 heterocycles. The molecule has 1 aliphatic heterocycles. The zero-order valence-corrected chi connectivity index (χ0v) is 12.0. The van der Waals surface area contributed by atoms with Gasteiger partial charge in [-0.1, -0.05) is 26.0 Å². The first kappa shape index (κ1) is 14.9. The lowest BCUT2D eigenvalue weighted by atomic mass is 9.96. The average Bonchev–Trinajstić information content (AvgIpc) is 2.46. The third kappa shape index (κ3) is 3.35. The first-order valence-corrected chi connectivity index (χ1v) is 7.16. The van der Waals surface area contributed by atoms with Crippen molar-refractivity contribution in [2.24, 2.45) is 5.92 Å². The van der Waals surface area contributed by atoms with Gasteiger partial charge in [-0.05, 0) is 36.5 Å². The van der Waals surface area contributed by atoms with Crippen molar-refractivity contribution in [2.75, 3.05) is 13.1 Å². The van der Waals surface area contributed by atoms with Gasteiger partial charge in [0.25, 0.3) is 5.91 Å². The minimum atomic E-state index is -2.27. The Morgan fingerprint density at radius 3 is 2.15 bits per heavy atom. The van der Waals surface area contributed by atoms with E-state index in [0.717, 1.165) is 0 Å². The van der Waals surface area contributed by atoms with Gasteiger partial charge in [-0.3, -0.25) is 4.79 Å². The number of carbonyl (C=O) groups excluding carboxylic acids is 1. The normalized spacial score (nSPS) is 17.0. The fourth-order valence-corrected chi connectivity index (χ4v) is 2.55. The Hall–Kier alpha value is -1.45. The van der Waals surface area contributed by atoms with Crippen molar-refractivity contribution in [1.82, 2.24) is 4.90 Å². The van der Waals surface area contributed by atoms with Crippen LogP contribution in [-0.2, 0) is 0 Å². The van der Waals surface area contributed by atoms with E-state index in [1.165, 1.54) is 5.56 Å². The Bertz CT molecular complexity index is 448. The molecule has 1 aliphatic rings. The lowest BCUT2D eigenvalue weighted by molar-refractivity contribution is 0.0311. The Balaban J connectivity index is 1.98. The predicted molar refractivity (Wildman–Crippen MR) is 75.2 cm³/mol. The molecule has 2 rings (SSSR count). The van der Waals surface area contributed by atoms with Crippen LogP contribution in [0.1, 0.15) is 48.5 Å². The van der Waals surface area contributed by atoms with Crippen molar-refractivity contribution in [2.45, 2.75) is 39.0 Å². The fourth-order valence-electron chi connectivity index (χ4n) is 2.55. The summed E-state index contributed by atoms with van der Waals surface area (Å²) >= 11 is 0. The van der Waals surface area contributed by atoms with Crippen LogP contribution in [0.15, 0.2) is 24.3 Å². The molecule has 0 spiro atoms. The second-order valence-electron chi connectivity index (χ2n) is 5.74. The third-order valence-corrected chi connectivity index (χ3v) is 4.01. The number of amides is 1. The SMILES string of the molecule is CC(C)c1ccc(C(=O)N2CCC(C(F)F)CC2)cc1. The summed E-state index contributed by atoms with van der Waals surface area (Å²) in [7, 11) is 0. The highest BCUT2D eigenvalue weighted by Gasteiger charge is 2.28. The lowest BCUT2D eigenvalue weighted by Gasteiger charge is -2.31. The molecule has 20 heavy (non-hydrogen) atoms. The Morgan fingerprint density at radius 2 is 1.70 bits per heavy atom. The van der Waals surface area contributed by atoms with Gasteiger partial charge >= 0.3 is 0 Å². The number of benzene rings is 1. The highest BCUT2D eigenvalue weighted by Crippen LogP contribution is 2.24. The lowest BCUT2D eigenvalue weighted by Crippen LogP contribution is -2.40. The first-order chi connectivity index (χ1) is 9.49. The van der Waals surface area contributed by atoms with Gasteiger partial charge in [0.15, 0.2) is 0 Å². The van der Waals surface area contributed by atoms with Gasteiger partial charge in [-0.2, -0.15) is 0 Å². The molecule has 0 aromatic heterocycles. The number of piperidine rings is 1. The molecule has 0 bridgehead atoms. The summed E-state index contributed by atoms with van der Waals surface area (Å²) in [6.07, 6.45) is -1.47. The van der Waals surface area contributed by atoms with Gasteiger partial charge in [-0.25, -0.2) is 8.78 Å². The molecule has 0 radical (unpaired) electrons. The molecule has 0 atom stereocenters. The van der Waals surface area contributed by atoms with Gasteiger partial charge in [-0.15, -0.1) is 0 Å². The average molecular weight is 281 g/mol. The van der Waals surface area contributed by atoms with E-state index < -0.39 is 12.3 Å². The van der Waals surface area contributed by atoms with Gasteiger partial charge in [0.2, 0.25) is 6.43 Å². The number of likely N-dealkylation sites (tertiary alicyclic amines) is 1. The molecule has 0 N–H and O–H groups in total. The minimum absolute atomic E-state index is 0.0481. The summed E-state index contributed by atoms with van der Waals surface area (Å²) in [4.78, 5) is 14.0. The molecule has 1 saturated heterocycles. The Morgan fingerprint density at radius 1 is 1.15 bits per heavy atom. The van der Waals surface area contributed by atoms with Crippen molar-refractivity contribution in [3.63, 3.8) is 0 Å². The van der Waals surface area contributed by atoms with Crippen molar-refractivity contribution < 1.29 is 13.6 Å². The summed E-state index contributed by atoms with van der Waals surface area (Å²) < 4.78 is 25.2. The van der Waals surface area contributed by atoms with E-state index in [-0.39, 0.29) is 5.91 Å². The largest absolute Gasteiger partial charge is 0.339 e. The van der Waals surface area contributed by atoms with Crippen LogP contribution in [0.25, 0.3) is 0 Å². The van der Waals surface area contributed by atoms with Crippen molar-refractivity contribution in [3.05, 3.63) is 35.4 Å². The van der Waals surface area contributed by atoms with E-state index in [1.807, 2.05) is 24.3 Å². The standard InChI is InChI=1S/C16H21F2NO/c1-11(2)12-3-5-14(6-4-12)16(20)19-9-7-13(8-10-19)15(17)18/h3-6,11,13,15H,7-10H2,1-2H3. The van der Waals surface area contributed by atoms with E-state index in [0.29, 0.717) is 37.4 Å². The zero-order chi connectivity index (χ0) is 14.7. The van der Waals surface area contributed by atoms with Crippen LogP contribution in [0.2, 0.25) is 0 Å². The molecular weight excluding hydrogens is 260 g/mol. The van der Waals surface area contributed by atoms with Gasteiger partial charge in [0, 0.05) is 24.6 Å². The molecule has 110 valence electrons. The molecular formula is C16H21F2NO. The zero-order valence-electron chi connectivity index (χ0n) is 12.0. The van der Waals surface area contributed by atoms with Gasteiger partial charge < -0.3 is 4.90 Å². The number of halogens is 2. The van der Waals surface area contributed by atoms with Crippen molar-refractivity contribution in [1.29, 1.82) is 0 Å². The maximum atomic E-state index is 12.6. The highest BCUT2D eigenvalue weighted by atomic mass is 19.3. The summed E-state index contributed by atoms with van der Waals surface area (Å²) in [5.41, 5.74) is 1.84. The van der Waals surface area contributed by atoms with Crippen LogP contribution in [0.5, 0.6) is 0 Å². The maximum absolute atomic E-state index is 12.6. The van der Waals surface area contributed by atoms with Crippen LogP contribution >= 0.6 is 0 Å². The molecule has 1 aromatic rings. The van der Waals surface area contributed by atoms with E-state index in [1.54, 1.807) is 4.90 Å². The summed E-state index contributed by atoms with van der Waals surface area (Å²) in [6, 6.07) is 7.58. The van der Waals surface area contributed by atoms with Crippen molar-refractivity contribution in [3.8, 4) is 0 Å². The van der Waals surface area contributed by atoms with Crippen LogP contribution < -0.4 is 0 Å². The van der Waals surface area contributed by atoms with E-state index in [2.05, 4.69) is 13.8 Å². The Labute approximate surface area is 118 Å². The maximum Gasteiger partial charge on any atom is 0.253 e. The predicted octanol–water partition coefficient (Wildman–Crippen LogP) is 3.93. The second-order valence-corrected chi connectivity index (χ2v) is 5.74. The first-order valence-electron chi connectivity index (χ1n) is 7.16. The van der Waals surface area contributed by atoms with Crippen LogP contribution in [0.3, 0.4) is 0 Å². The summed E-state index contributed by atoms with van der Waals surface area (Å²) in [5.74, 6) is -0.170. The number of hydrogen-bond donors (Lipinski definition) is 0. The quantitative estimate of drug-likeness (QED) is 0.822. The molecule has 1 fully saturated rings.